The summed E-state index contributed by atoms with van der Waals surface area (Å²) < 4.78 is 18.4. The molecule has 2 saturated heterocycles. The first-order valence-electron chi connectivity index (χ1n) is 12.1. The Kier molecular flexibility index (Phi) is 7.67. The first kappa shape index (κ1) is 25.7. The van der Waals surface area contributed by atoms with Crippen LogP contribution in [0.4, 0.5) is 0 Å². The maximum atomic E-state index is 12.8. The zero-order valence-electron chi connectivity index (χ0n) is 20.7. The molecular formula is C24H36N8O4. The molecule has 9 N–H and O–H groups in total. The quantitative estimate of drug-likeness (QED) is 0.194. The minimum atomic E-state index is -0.805. The number of carbonyl (C=O) groups excluding carboxylic acids is 1. The molecule has 4 atom stereocenters. The molecular weight excluding hydrogens is 464 g/mol. The van der Waals surface area contributed by atoms with Gasteiger partial charge < -0.3 is 46.6 Å². The van der Waals surface area contributed by atoms with Gasteiger partial charge in [-0.05, 0) is 31.9 Å². The SMILES string of the molecule is CC1(C)O[C@@H]2[C@H](O1)[C@H](CN(CCN=C(N)N)C(=N)N)O[C@@H]2CC(=O)NCCc1c[nH]c2ccccc12. The molecule has 1 aromatic carbocycles. The number of carbonyl (C=O) groups is 1. The van der Waals surface area contributed by atoms with E-state index in [2.05, 4.69) is 21.4 Å². The van der Waals surface area contributed by atoms with Gasteiger partial charge in [-0.3, -0.25) is 15.2 Å². The number of nitrogens with one attached hydrogen (secondary N) is 3. The fourth-order valence-corrected chi connectivity index (χ4v) is 4.84. The Labute approximate surface area is 210 Å². The Morgan fingerprint density at radius 1 is 1.19 bits per heavy atom. The van der Waals surface area contributed by atoms with Gasteiger partial charge in [0.05, 0.1) is 19.1 Å². The van der Waals surface area contributed by atoms with Crippen molar-refractivity contribution in [3.63, 3.8) is 0 Å². The molecule has 0 saturated carbocycles. The highest BCUT2D eigenvalue weighted by atomic mass is 16.8. The number of benzene rings is 1. The largest absolute Gasteiger partial charge is 0.370 e. The van der Waals surface area contributed by atoms with E-state index in [9.17, 15) is 4.79 Å². The third-order valence-electron chi connectivity index (χ3n) is 6.43. The summed E-state index contributed by atoms with van der Waals surface area (Å²) in [7, 11) is 0. The minimum absolute atomic E-state index is 0.0271. The van der Waals surface area contributed by atoms with Crippen LogP contribution in [0.1, 0.15) is 25.8 Å². The highest BCUT2D eigenvalue weighted by Gasteiger charge is 2.55. The highest BCUT2D eigenvalue weighted by Crippen LogP contribution is 2.40. The van der Waals surface area contributed by atoms with E-state index >= 15 is 0 Å². The van der Waals surface area contributed by atoms with Crippen molar-refractivity contribution in [1.29, 1.82) is 5.41 Å². The van der Waals surface area contributed by atoms with Gasteiger partial charge in [0.15, 0.2) is 17.7 Å². The molecule has 2 aromatic rings. The summed E-state index contributed by atoms with van der Waals surface area (Å²) in [6, 6.07) is 8.08. The molecule has 2 aliphatic rings. The van der Waals surface area contributed by atoms with E-state index < -0.39 is 30.2 Å². The van der Waals surface area contributed by atoms with E-state index in [1.54, 1.807) is 4.90 Å². The average Bonchev–Trinajstić information content (AvgIpc) is 3.45. The zero-order chi connectivity index (χ0) is 25.9. The Morgan fingerprint density at radius 2 is 1.92 bits per heavy atom. The molecule has 2 aliphatic heterocycles. The van der Waals surface area contributed by atoms with E-state index in [1.807, 2.05) is 38.2 Å². The van der Waals surface area contributed by atoms with Gasteiger partial charge in [-0.2, -0.15) is 0 Å². The summed E-state index contributed by atoms with van der Waals surface area (Å²) in [5, 5.41) is 12.1. The normalized spacial score (nSPS) is 24.4. The Balaban J connectivity index is 1.34. The summed E-state index contributed by atoms with van der Waals surface area (Å²) in [4.78, 5) is 21.6. The number of H-pyrrole nitrogens is 1. The molecule has 0 radical (unpaired) electrons. The molecule has 4 rings (SSSR count). The first-order chi connectivity index (χ1) is 17.1. The minimum Gasteiger partial charge on any atom is -0.370 e. The number of aliphatic imine (C=N–C) groups is 1. The lowest BCUT2D eigenvalue weighted by molar-refractivity contribution is -0.188. The summed E-state index contributed by atoms with van der Waals surface area (Å²) in [6.07, 6.45) is 1.10. The topological polar surface area (TPSA) is 190 Å². The summed E-state index contributed by atoms with van der Waals surface area (Å²) in [6.45, 7) is 5.09. The number of guanidine groups is 2. The third-order valence-corrected chi connectivity index (χ3v) is 6.43. The van der Waals surface area contributed by atoms with Crippen molar-refractivity contribution in [1.82, 2.24) is 15.2 Å². The van der Waals surface area contributed by atoms with Crippen LogP contribution in [0.15, 0.2) is 35.5 Å². The van der Waals surface area contributed by atoms with Crippen molar-refractivity contribution in [3.8, 4) is 0 Å². The zero-order valence-corrected chi connectivity index (χ0v) is 20.7. The molecule has 0 spiro atoms. The molecule has 36 heavy (non-hydrogen) atoms. The maximum absolute atomic E-state index is 12.8. The van der Waals surface area contributed by atoms with Crippen molar-refractivity contribution in [2.24, 2.45) is 22.2 Å². The van der Waals surface area contributed by atoms with Crippen LogP contribution in [0.5, 0.6) is 0 Å². The fraction of sp³-hybridized carbons (Fsp3) is 0.542. The smallest absolute Gasteiger partial charge is 0.222 e. The van der Waals surface area contributed by atoms with Crippen molar-refractivity contribution < 1.29 is 19.0 Å². The van der Waals surface area contributed by atoms with Gasteiger partial charge in [-0.25, -0.2) is 0 Å². The number of para-hydroxylation sites is 1. The number of ether oxygens (including phenoxy) is 3. The van der Waals surface area contributed by atoms with Gasteiger partial charge in [0.2, 0.25) is 5.91 Å². The van der Waals surface area contributed by atoms with Gasteiger partial charge >= 0.3 is 0 Å². The van der Waals surface area contributed by atoms with E-state index in [1.165, 1.54) is 0 Å². The first-order valence-corrected chi connectivity index (χ1v) is 12.1. The van der Waals surface area contributed by atoms with Crippen LogP contribution in [-0.4, -0.2) is 84.1 Å². The van der Waals surface area contributed by atoms with Crippen LogP contribution < -0.4 is 22.5 Å². The van der Waals surface area contributed by atoms with Crippen molar-refractivity contribution in [2.45, 2.75) is 56.9 Å². The molecule has 0 aliphatic carbocycles. The fourth-order valence-electron chi connectivity index (χ4n) is 4.84. The molecule has 12 heteroatoms. The van der Waals surface area contributed by atoms with Crippen molar-refractivity contribution in [3.05, 3.63) is 36.0 Å². The average molecular weight is 501 g/mol. The summed E-state index contributed by atoms with van der Waals surface area (Å²) >= 11 is 0. The van der Waals surface area contributed by atoms with E-state index in [0.717, 1.165) is 16.5 Å². The molecule has 3 heterocycles. The number of aromatic nitrogens is 1. The lowest BCUT2D eigenvalue weighted by Crippen LogP contribution is -2.46. The second kappa shape index (κ2) is 10.7. The number of hydrogen-bond acceptors (Lipinski definition) is 6. The second-order valence-electron chi connectivity index (χ2n) is 9.58. The predicted octanol–water partition coefficient (Wildman–Crippen LogP) is -0.0269. The van der Waals surface area contributed by atoms with Crippen LogP contribution >= 0.6 is 0 Å². The van der Waals surface area contributed by atoms with Gasteiger partial charge in [0, 0.05) is 36.7 Å². The maximum Gasteiger partial charge on any atom is 0.222 e. The molecule has 1 amide bonds. The molecule has 1 aromatic heterocycles. The van der Waals surface area contributed by atoms with Crippen molar-refractivity contribution >= 4 is 28.7 Å². The van der Waals surface area contributed by atoms with Crippen LogP contribution in [0.25, 0.3) is 10.9 Å². The second-order valence-corrected chi connectivity index (χ2v) is 9.58. The van der Waals surface area contributed by atoms with Gasteiger partial charge in [-0.1, -0.05) is 18.2 Å². The predicted molar refractivity (Wildman–Crippen MR) is 136 cm³/mol. The summed E-state index contributed by atoms with van der Waals surface area (Å²) in [5.41, 5.74) is 18.8. The van der Waals surface area contributed by atoms with E-state index in [-0.39, 0.29) is 37.3 Å². The Bertz CT molecular complexity index is 1110. The van der Waals surface area contributed by atoms with Gasteiger partial charge in [-0.15, -0.1) is 0 Å². The van der Waals surface area contributed by atoms with Crippen molar-refractivity contribution in [2.75, 3.05) is 26.2 Å². The molecule has 0 unspecified atom stereocenters. The third kappa shape index (κ3) is 6.07. The standard InChI is InChI=1S/C24H36N8O4/c1-24(2)35-20-17(11-19(33)29-8-7-14-12-31-16-6-4-3-5-15(14)16)34-18(21(20)36-24)13-32(23(27)28)10-9-30-22(25)26/h3-6,12,17-18,20-21,31H,7-11,13H2,1-2H3,(H3,27,28)(H,29,33)(H4,25,26,30)/t17-,18+,20+,21-/m1/s1. The lowest BCUT2D eigenvalue weighted by Gasteiger charge is -2.28. The number of nitrogens with two attached hydrogens (primary N) is 3. The molecule has 0 bridgehead atoms. The van der Waals surface area contributed by atoms with E-state index in [4.69, 9.17) is 36.8 Å². The van der Waals surface area contributed by atoms with Crippen LogP contribution in [-0.2, 0) is 25.4 Å². The number of hydrogen-bond donors (Lipinski definition) is 6. The number of rotatable bonds is 10. The molecule has 12 nitrogen and oxygen atoms in total. The molecule has 196 valence electrons. The summed E-state index contributed by atoms with van der Waals surface area (Å²) in [5.74, 6) is -1.08. The number of fused-ring (bicyclic) bond motifs is 2. The van der Waals surface area contributed by atoms with Gasteiger partial charge in [0.25, 0.3) is 0 Å². The monoisotopic (exact) mass is 500 g/mol. The molecule has 2 fully saturated rings. The van der Waals surface area contributed by atoms with Crippen LogP contribution in [0.2, 0.25) is 0 Å². The lowest BCUT2D eigenvalue weighted by atomic mass is 10.0. The Morgan fingerprint density at radius 3 is 2.64 bits per heavy atom. The number of aromatic amines is 1. The van der Waals surface area contributed by atoms with Crippen LogP contribution in [0.3, 0.4) is 0 Å². The van der Waals surface area contributed by atoms with Gasteiger partial charge in [0.1, 0.15) is 18.3 Å². The highest BCUT2D eigenvalue weighted by molar-refractivity contribution is 5.83. The number of amides is 1. The number of nitrogens with zero attached hydrogens (tertiary/aromatic N) is 2. The van der Waals surface area contributed by atoms with Crippen LogP contribution in [0, 0.1) is 5.41 Å². The van der Waals surface area contributed by atoms with E-state index in [0.29, 0.717) is 19.5 Å². The Hall–Kier alpha value is -3.35.